The first-order valence-corrected chi connectivity index (χ1v) is 9.35. The third-order valence-corrected chi connectivity index (χ3v) is 4.83. The van der Waals surface area contributed by atoms with E-state index < -0.39 is 6.04 Å². The third-order valence-electron chi connectivity index (χ3n) is 4.83. The molecule has 4 N–H and O–H groups in total. The van der Waals surface area contributed by atoms with Crippen LogP contribution < -0.4 is 20.5 Å². The van der Waals surface area contributed by atoms with Gasteiger partial charge in [0.25, 0.3) is 0 Å². The number of hydrogen-bond donors (Lipinski definition) is 3. The molecule has 2 aromatic carbocycles. The van der Waals surface area contributed by atoms with E-state index in [1.807, 2.05) is 43.3 Å². The Hall–Kier alpha value is -2.70. The number of nitrogens with one attached hydrogen (secondary N) is 2. The number of nitrogens with two attached hydrogens (primary N) is 1. The molecule has 0 saturated carbocycles. The number of amides is 1. The number of halogens is 1. The second-order valence-corrected chi connectivity index (χ2v) is 6.87. The van der Waals surface area contributed by atoms with Gasteiger partial charge in [-0.1, -0.05) is 29.8 Å². The van der Waals surface area contributed by atoms with E-state index >= 15 is 0 Å². The summed E-state index contributed by atoms with van der Waals surface area (Å²) in [5.74, 6) is 1.36. The number of aromatic amines is 1. The van der Waals surface area contributed by atoms with Gasteiger partial charge >= 0.3 is 0 Å². The van der Waals surface area contributed by atoms with Gasteiger partial charge in [-0.15, -0.1) is 12.4 Å². The quantitative estimate of drug-likeness (QED) is 0.488. The van der Waals surface area contributed by atoms with Gasteiger partial charge in [0.05, 0.1) is 19.7 Å². The molecule has 3 rings (SSSR count). The highest BCUT2D eigenvalue weighted by molar-refractivity contribution is 5.88. The van der Waals surface area contributed by atoms with Gasteiger partial charge < -0.3 is 25.5 Å². The van der Waals surface area contributed by atoms with Crippen molar-refractivity contribution < 1.29 is 14.3 Å². The molecule has 0 bridgehead atoms. The van der Waals surface area contributed by atoms with E-state index in [0.717, 1.165) is 52.1 Å². The first-order chi connectivity index (χ1) is 13.5. The molecule has 0 aliphatic carbocycles. The maximum atomic E-state index is 12.3. The number of fused-ring (bicyclic) bond motifs is 1. The summed E-state index contributed by atoms with van der Waals surface area (Å²) in [4.78, 5) is 15.6. The molecule has 7 heteroatoms. The lowest BCUT2D eigenvalue weighted by Crippen LogP contribution is -2.34. The maximum Gasteiger partial charge on any atom is 0.241 e. The zero-order valence-corrected chi connectivity index (χ0v) is 17.8. The van der Waals surface area contributed by atoms with Crippen LogP contribution in [0.3, 0.4) is 0 Å². The lowest BCUT2D eigenvalue weighted by Gasteiger charge is -2.12. The van der Waals surface area contributed by atoms with Crippen molar-refractivity contribution in [2.45, 2.75) is 25.8 Å². The first kappa shape index (κ1) is 22.6. The Morgan fingerprint density at radius 1 is 1.14 bits per heavy atom. The molecule has 29 heavy (non-hydrogen) atoms. The SMILES string of the molecule is COc1cc(OC)c2cc(CCCNC(=O)C(N)c3ccc(C)cc3)[nH]c2c1.Cl. The summed E-state index contributed by atoms with van der Waals surface area (Å²) in [6.07, 6.45) is 1.61. The molecule has 0 radical (unpaired) electrons. The summed E-state index contributed by atoms with van der Waals surface area (Å²) in [7, 11) is 3.28. The predicted octanol–water partition coefficient (Wildman–Crippen LogP) is 3.66. The number of carbonyl (C=O) groups is 1. The molecule has 0 aliphatic rings. The Kier molecular flexibility index (Phi) is 7.93. The second kappa shape index (κ2) is 10.2. The lowest BCUT2D eigenvalue weighted by atomic mass is 10.1. The van der Waals surface area contributed by atoms with Crippen LogP contribution in [0.1, 0.15) is 29.3 Å². The highest BCUT2D eigenvalue weighted by Crippen LogP contribution is 2.31. The van der Waals surface area contributed by atoms with Crippen molar-refractivity contribution in [3.63, 3.8) is 0 Å². The number of H-pyrrole nitrogens is 1. The van der Waals surface area contributed by atoms with Gasteiger partial charge in [-0.2, -0.15) is 0 Å². The van der Waals surface area contributed by atoms with Crippen molar-refractivity contribution in [3.05, 3.63) is 59.3 Å². The molecule has 1 unspecified atom stereocenters. The number of hydrogen-bond acceptors (Lipinski definition) is 4. The molecule has 6 nitrogen and oxygen atoms in total. The molecular weight excluding hydrogens is 390 g/mol. The third kappa shape index (κ3) is 5.43. The van der Waals surface area contributed by atoms with Crippen LogP contribution in [0.4, 0.5) is 0 Å². The minimum Gasteiger partial charge on any atom is -0.497 e. The first-order valence-electron chi connectivity index (χ1n) is 9.35. The average Bonchev–Trinajstić information content (AvgIpc) is 3.13. The molecular formula is C22H28ClN3O3. The summed E-state index contributed by atoms with van der Waals surface area (Å²) >= 11 is 0. The van der Waals surface area contributed by atoms with Crippen LogP contribution in [0.25, 0.3) is 10.9 Å². The number of carbonyl (C=O) groups excluding carboxylic acids is 1. The Morgan fingerprint density at radius 2 is 1.86 bits per heavy atom. The maximum absolute atomic E-state index is 12.3. The number of aromatic nitrogens is 1. The van der Waals surface area contributed by atoms with Crippen molar-refractivity contribution in [1.82, 2.24) is 10.3 Å². The highest BCUT2D eigenvalue weighted by Gasteiger charge is 2.15. The monoisotopic (exact) mass is 417 g/mol. The van der Waals surface area contributed by atoms with Gasteiger partial charge in [-0.25, -0.2) is 0 Å². The number of ether oxygens (including phenoxy) is 2. The van der Waals surface area contributed by atoms with Gasteiger partial charge in [0.1, 0.15) is 17.5 Å². The minimum atomic E-state index is -0.648. The van der Waals surface area contributed by atoms with Crippen LogP contribution in [-0.4, -0.2) is 31.7 Å². The Labute approximate surface area is 177 Å². The number of rotatable bonds is 8. The van der Waals surface area contributed by atoms with Crippen molar-refractivity contribution in [3.8, 4) is 11.5 Å². The number of benzene rings is 2. The Morgan fingerprint density at radius 3 is 2.52 bits per heavy atom. The van der Waals surface area contributed by atoms with Crippen molar-refractivity contribution in [2.24, 2.45) is 5.73 Å². The fourth-order valence-corrected chi connectivity index (χ4v) is 3.18. The van der Waals surface area contributed by atoms with Gasteiger partial charge in [0, 0.05) is 29.8 Å². The Bertz CT molecular complexity index is 954. The predicted molar refractivity (Wildman–Crippen MR) is 118 cm³/mol. The topological polar surface area (TPSA) is 89.4 Å². The number of aryl methyl sites for hydroxylation is 2. The van der Waals surface area contributed by atoms with Gasteiger partial charge in [-0.3, -0.25) is 4.79 Å². The lowest BCUT2D eigenvalue weighted by molar-refractivity contribution is -0.122. The molecule has 0 spiro atoms. The molecule has 156 valence electrons. The van der Waals surface area contributed by atoms with E-state index in [4.69, 9.17) is 15.2 Å². The van der Waals surface area contributed by atoms with Crippen molar-refractivity contribution >= 4 is 29.2 Å². The van der Waals surface area contributed by atoms with Crippen LogP contribution in [0.2, 0.25) is 0 Å². The van der Waals surface area contributed by atoms with E-state index in [1.54, 1.807) is 14.2 Å². The average molecular weight is 418 g/mol. The highest BCUT2D eigenvalue weighted by atomic mass is 35.5. The summed E-state index contributed by atoms with van der Waals surface area (Å²) in [6, 6.07) is 13.0. The molecule has 0 aliphatic heterocycles. The van der Waals surface area contributed by atoms with Crippen molar-refractivity contribution in [2.75, 3.05) is 20.8 Å². The van der Waals surface area contributed by atoms with Gasteiger partial charge in [0.2, 0.25) is 5.91 Å². The number of methoxy groups -OCH3 is 2. The molecule has 0 fully saturated rings. The van der Waals surface area contributed by atoms with Crippen LogP contribution >= 0.6 is 12.4 Å². The summed E-state index contributed by atoms with van der Waals surface area (Å²) in [5.41, 5.74) is 10.1. The zero-order valence-electron chi connectivity index (χ0n) is 17.0. The smallest absolute Gasteiger partial charge is 0.241 e. The van der Waals surface area contributed by atoms with Gasteiger partial charge in [-0.05, 0) is 31.4 Å². The minimum absolute atomic E-state index is 0. The molecule has 1 aromatic heterocycles. The molecule has 0 saturated heterocycles. The van der Waals surface area contributed by atoms with E-state index in [1.165, 1.54) is 0 Å². The molecule has 1 heterocycles. The van der Waals surface area contributed by atoms with E-state index in [0.29, 0.717) is 6.54 Å². The zero-order chi connectivity index (χ0) is 20.1. The van der Waals surface area contributed by atoms with E-state index in [9.17, 15) is 4.79 Å². The van der Waals surface area contributed by atoms with E-state index in [2.05, 4.69) is 16.4 Å². The molecule has 1 atom stereocenters. The normalized spacial score (nSPS) is 11.6. The fourth-order valence-electron chi connectivity index (χ4n) is 3.18. The molecule has 1 amide bonds. The fraction of sp³-hybridized carbons (Fsp3) is 0.318. The second-order valence-electron chi connectivity index (χ2n) is 6.87. The standard InChI is InChI=1S/C22H27N3O3.ClH/c1-14-6-8-15(9-7-14)21(23)22(26)24-10-4-5-16-11-18-19(25-16)12-17(27-2)13-20(18)28-3;/h6-9,11-13,21,25H,4-5,10,23H2,1-3H3,(H,24,26);1H. The van der Waals surface area contributed by atoms with Crippen LogP contribution in [0, 0.1) is 6.92 Å². The van der Waals surface area contributed by atoms with Crippen LogP contribution in [0.5, 0.6) is 11.5 Å². The van der Waals surface area contributed by atoms with Crippen LogP contribution in [-0.2, 0) is 11.2 Å². The van der Waals surface area contributed by atoms with E-state index in [-0.39, 0.29) is 18.3 Å². The van der Waals surface area contributed by atoms with Gasteiger partial charge in [0.15, 0.2) is 0 Å². The van der Waals surface area contributed by atoms with Crippen LogP contribution in [0.15, 0.2) is 42.5 Å². The largest absolute Gasteiger partial charge is 0.497 e. The molecule has 3 aromatic rings. The van der Waals surface area contributed by atoms with Crippen molar-refractivity contribution in [1.29, 1.82) is 0 Å². The summed E-state index contributed by atoms with van der Waals surface area (Å²) < 4.78 is 10.8. The summed E-state index contributed by atoms with van der Waals surface area (Å²) in [5, 5.41) is 3.94. The summed E-state index contributed by atoms with van der Waals surface area (Å²) in [6.45, 7) is 2.57. The Balaban J connectivity index is 0.00000300.